The van der Waals surface area contributed by atoms with E-state index in [4.69, 9.17) is 4.74 Å². The average molecular weight is 249 g/mol. The van der Waals surface area contributed by atoms with E-state index < -0.39 is 0 Å². The minimum atomic E-state index is 0.185. The monoisotopic (exact) mass is 249 g/mol. The van der Waals surface area contributed by atoms with Gasteiger partial charge in [-0.05, 0) is 39.3 Å². The van der Waals surface area contributed by atoms with Crippen LogP contribution in [-0.4, -0.2) is 26.3 Å². The number of hydrogen-bond acceptors (Lipinski definition) is 2. The van der Waals surface area contributed by atoms with E-state index in [1.807, 2.05) is 7.05 Å². The summed E-state index contributed by atoms with van der Waals surface area (Å²) in [5.74, 6) is 0. The lowest BCUT2D eigenvalue weighted by Gasteiger charge is -2.33. The molecule has 1 aromatic rings. The fourth-order valence-corrected chi connectivity index (χ4v) is 2.46. The summed E-state index contributed by atoms with van der Waals surface area (Å²) in [4.78, 5) is 0. The molecule has 0 saturated carbocycles. The van der Waals surface area contributed by atoms with Gasteiger partial charge in [-0.25, -0.2) is 0 Å². The van der Waals surface area contributed by atoms with E-state index in [2.05, 4.69) is 56.4 Å². The third-order valence-electron chi connectivity index (χ3n) is 3.61. The van der Waals surface area contributed by atoms with Crippen molar-refractivity contribution in [3.05, 3.63) is 35.9 Å². The number of likely N-dealkylation sites (N-methyl/N-ethyl adjacent to an activating group) is 1. The maximum Gasteiger partial charge on any atom is 0.0518 e. The molecule has 0 aliphatic heterocycles. The summed E-state index contributed by atoms with van der Waals surface area (Å²) in [5, 5.41) is 3.34. The van der Waals surface area contributed by atoms with Gasteiger partial charge in [-0.2, -0.15) is 0 Å². The minimum Gasteiger partial charge on any atom is -0.379 e. The molecule has 0 spiro atoms. The smallest absolute Gasteiger partial charge is 0.0518 e. The summed E-state index contributed by atoms with van der Waals surface area (Å²) >= 11 is 0. The number of ether oxygens (including phenoxy) is 1. The molecular weight excluding hydrogens is 222 g/mol. The Morgan fingerprint density at radius 2 is 1.89 bits per heavy atom. The van der Waals surface area contributed by atoms with Crippen molar-refractivity contribution in [3.8, 4) is 0 Å². The Balaban J connectivity index is 2.80. The zero-order valence-corrected chi connectivity index (χ0v) is 12.2. The molecule has 1 atom stereocenters. The Labute approximate surface area is 112 Å². The second-order valence-corrected chi connectivity index (χ2v) is 5.20. The molecule has 0 fully saturated rings. The predicted molar refractivity (Wildman–Crippen MR) is 78.0 cm³/mol. The number of rotatable bonds is 8. The van der Waals surface area contributed by atoms with Gasteiger partial charge in [0.15, 0.2) is 0 Å². The Morgan fingerprint density at radius 1 is 1.22 bits per heavy atom. The highest BCUT2D eigenvalue weighted by atomic mass is 16.5. The van der Waals surface area contributed by atoms with Gasteiger partial charge in [-0.15, -0.1) is 0 Å². The second kappa shape index (κ2) is 7.55. The van der Waals surface area contributed by atoms with Gasteiger partial charge in [0.05, 0.1) is 6.10 Å². The summed E-state index contributed by atoms with van der Waals surface area (Å²) in [6.07, 6.45) is 2.50. The van der Waals surface area contributed by atoms with Crippen LogP contribution in [0.4, 0.5) is 0 Å². The van der Waals surface area contributed by atoms with Crippen LogP contribution in [-0.2, 0) is 10.2 Å². The standard InChI is InChI=1S/C16H27NO/c1-5-16(13-17-4,11-12-18-14(2)3)15-9-7-6-8-10-15/h6-10,14,17H,5,11-13H2,1-4H3. The maximum absolute atomic E-state index is 5.74. The first-order valence-electron chi connectivity index (χ1n) is 6.96. The molecule has 102 valence electrons. The van der Waals surface area contributed by atoms with Crippen LogP contribution < -0.4 is 5.32 Å². The van der Waals surface area contributed by atoms with Crippen molar-refractivity contribution in [3.63, 3.8) is 0 Å². The van der Waals surface area contributed by atoms with Gasteiger partial charge in [-0.1, -0.05) is 37.3 Å². The Kier molecular flexibility index (Phi) is 6.37. The van der Waals surface area contributed by atoms with Crippen LogP contribution in [0.25, 0.3) is 0 Å². The van der Waals surface area contributed by atoms with E-state index in [-0.39, 0.29) is 5.41 Å². The van der Waals surface area contributed by atoms with Gasteiger partial charge in [-0.3, -0.25) is 0 Å². The van der Waals surface area contributed by atoms with E-state index in [9.17, 15) is 0 Å². The van der Waals surface area contributed by atoms with Crippen molar-refractivity contribution in [2.24, 2.45) is 0 Å². The van der Waals surface area contributed by atoms with E-state index in [0.29, 0.717) is 6.10 Å². The fourth-order valence-electron chi connectivity index (χ4n) is 2.46. The lowest BCUT2D eigenvalue weighted by molar-refractivity contribution is 0.0630. The van der Waals surface area contributed by atoms with Crippen LogP contribution in [0.1, 0.15) is 39.2 Å². The summed E-state index contributed by atoms with van der Waals surface area (Å²) in [6, 6.07) is 10.8. The molecule has 2 nitrogen and oxygen atoms in total. The summed E-state index contributed by atoms with van der Waals surface area (Å²) < 4.78 is 5.74. The minimum absolute atomic E-state index is 0.185. The van der Waals surface area contributed by atoms with Crippen molar-refractivity contribution >= 4 is 0 Å². The van der Waals surface area contributed by atoms with Crippen LogP contribution in [0, 0.1) is 0 Å². The summed E-state index contributed by atoms with van der Waals surface area (Å²) in [5.41, 5.74) is 1.60. The summed E-state index contributed by atoms with van der Waals surface area (Å²) in [7, 11) is 2.02. The van der Waals surface area contributed by atoms with E-state index in [1.54, 1.807) is 0 Å². The predicted octanol–water partition coefficient (Wildman–Crippen LogP) is 3.37. The van der Waals surface area contributed by atoms with Crippen LogP contribution >= 0.6 is 0 Å². The SMILES string of the molecule is CCC(CCOC(C)C)(CNC)c1ccccc1. The molecule has 2 heteroatoms. The first-order chi connectivity index (χ1) is 8.64. The van der Waals surface area contributed by atoms with Gasteiger partial charge >= 0.3 is 0 Å². The lowest BCUT2D eigenvalue weighted by atomic mass is 9.75. The molecule has 1 rings (SSSR count). The Morgan fingerprint density at radius 3 is 2.39 bits per heavy atom. The van der Waals surface area contributed by atoms with Crippen LogP contribution in [0.2, 0.25) is 0 Å². The molecule has 0 aliphatic rings. The molecule has 18 heavy (non-hydrogen) atoms. The number of nitrogens with one attached hydrogen (secondary N) is 1. The normalized spacial score (nSPS) is 14.7. The molecule has 0 aromatic heterocycles. The van der Waals surface area contributed by atoms with Gasteiger partial charge in [0.2, 0.25) is 0 Å². The Hall–Kier alpha value is -0.860. The quantitative estimate of drug-likeness (QED) is 0.762. The highest BCUT2D eigenvalue weighted by molar-refractivity contribution is 5.25. The lowest BCUT2D eigenvalue weighted by Crippen LogP contribution is -2.37. The summed E-state index contributed by atoms with van der Waals surface area (Å²) in [6.45, 7) is 8.26. The van der Waals surface area contributed by atoms with Gasteiger partial charge < -0.3 is 10.1 Å². The van der Waals surface area contributed by atoms with E-state index in [0.717, 1.165) is 26.0 Å². The average Bonchev–Trinajstić information content (AvgIpc) is 2.38. The van der Waals surface area contributed by atoms with Gasteiger partial charge in [0, 0.05) is 18.6 Å². The molecule has 0 aliphatic carbocycles. The maximum atomic E-state index is 5.74. The largest absolute Gasteiger partial charge is 0.379 e. The molecule has 0 heterocycles. The number of hydrogen-bond donors (Lipinski definition) is 1. The number of benzene rings is 1. The zero-order chi connectivity index (χ0) is 13.4. The van der Waals surface area contributed by atoms with Crippen LogP contribution in [0.5, 0.6) is 0 Å². The zero-order valence-electron chi connectivity index (χ0n) is 12.2. The molecule has 0 saturated heterocycles. The molecule has 0 radical (unpaired) electrons. The van der Waals surface area contributed by atoms with Gasteiger partial charge in [0.1, 0.15) is 0 Å². The third kappa shape index (κ3) is 4.11. The van der Waals surface area contributed by atoms with Gasteiger partial charge in [0.25, 0.3) is 0 Å². The van der Waals surface area contributed by atoms with Crippen molar-refractivity contribution in [1.82, 2.24) is 5.32 Å². The van der Waals surface area contributed by atoms with Crippen molar-refractivity contribution in [2.75, 3.05) is 20.2 Å². The molecule has 1 aromatic carbocycles. The molecule has 0 amide bonds. The fraction of sp³-hybridized carbons (Fsp3) is 0.625. The van der Waals surface area contributed by atoms with Crippen molar-refractivity contribution in [1.29, 1.82) is 0 Å². The van der Waals surface area contributed by atoms with Crippen LogP contribution in [0.15, 0.2) is 30.3 Å². The van der Waals surface area contributed by atoms with Crippen LogP contribution in [0.3, 0.4) is 0 Å². The molecular formula is C16H27NO. The van der Waals surface area contributed by atoms with E-state index in [1.165, 1.54) is 5.56 Å². The highest BCUT2D eigenvalue weighted by Gasteiger charge is 2.29. The molecule has 1 unspecified atom stereocenters. The van der Waals surface area contributed by atoms with Crippen molar-refractivity contribution < 1.29 is 4.74 Å². The van der Waals surface area contributed by atoms with E-state index >= 15 is 0 Å². The molecule has 0 bridgehead atoms. The molecule has 1 N–H and O–H groups in total. The Bertz CT molecular complexity index is 323. The first-order valence-corrected chi connectivity index (χ1v) is 6.96. The second-order valence-electron chi connectivity index (χ2n) is 5.20. The third-order valence-corrected chi connectivity index (χ3v) is 3.61. The first kappa shape index (κ1) is 15.2. The highest BCUT2D eigenvalue weighted by Crippen LogP contribution is 2.31. The van der Waals surface area contributed by atoms with Crippen molar-refractivity contribution in [2.45, 2.75) is 45.1 Å². The topological polar surface area (TPSA) is 21.3 Å².